The van der Waals surface area contributed by atoms with E-state index >= 15 is 0 Å². The van der Waals surface area contributed by atoms with Crippen LogP contribution in [0.2, 0.25) is 0 Å². The van der Waals surface area contributed by atoms with Crippen LogP contribution in [-0.4, -0.2) is 29.8 Å². The van der Waals surface area contributed by atoms with Crippen LogP contribution in [0.25, 0.3) is 0 Å². The highest BCUT2D eigenvalue weighted by atomic mass is 35.5. The number of rotatable bonds is 4. The van der Waals surface area contributed by atoms with Crippen molar-refractivity contribution in [2.24, 2.45) is 5.92 Å². The van der Waals surface area contributed by atoms with Crippen molar-refractivity contribution in [3.63, 3.8) is 0 Å². The number of hydrogen-bond donors (Lipinski definition) is 0. The van der Waals surface area contributed by atoms with E-state index in [-0.39, 0.29) is 11.2 Å². The van der Waals surface area contributed by atoms with Gasteiger partial charge in [0, 0.05) is 12.5 Å². The fourth-order valence-electron chi connectivity index (χ4n) is 2.32. The Kier molecular flexibility index (Phi) is 4.57. The number of carbonyl (C=O) groups is 1. The third-order valence-corrected chi connectivity index (χ3v) is 3.78. The van der Waals surface area contributed by atoms with Crippen molar-refractivity contribution < 1.29 is 4.79 Å². The molecule has 17 heavy (non-hydrogen) atoms. The lowest BCUT2D eigenvalue weighted by Gasteiger charge is -2.30. The summed E-state index contributed by atoms with van der Waals surface area (Å²) >= 11 is 5.52. The maximum atomic E-state index is 11.0. The molecule has 0 aliphatic carbocycles. The number of likely N-dealkylation sites (tertiary alicyclic amines) is 1. The van der Waals surface area contributed by atoms with Gasteiger partial charge in [-0.2, -0.15) is 0 Å². The molecule has 1 saturated heterocycles. The zero-order valence-corrected chi connectivity index (χ0v) is 10.7. The van der Waals surface area contributed by atoms with Gasteiger partial charge in [-0.05, 0) is 49.5 Å². The van der Waals surface area contributed by atoms with E-state index in [0.29, 0.717) is 0 Å². The summed E-state index contributed by atoms with van der Waals surface area (Å²) in [6, 6.07) is 10.5. The number of hydrogen-bond acceptors (Lipinski definition) is 2. The lowest BCUT2D eigenvalue weighted by Crippen LogP contribution is -2.36. The monoisotopic (exact) mass is 251 g/mol. The van der Waals surface area contributed by atoms with Gasteiger partial charge in [-0.1, -0.05) is 30.3 Å². The van der Waals surface area contributed by atoms with Gasteiger partial charge in [-0.25, -0.2) is 0 Å². The average Bonchev–Trinajstić information content (AvgIpc) is 2.38. The summed E-state index contributed by atoms with van der Waals surface area (Å²) in [6.45, 7) is 3.07. The molecule has 0 aromatic heterocycles. The van der Waals surface area contributed by atoms with Crippen molar-refractivity contribution in [2.45, 2.75) is 19.3 Å². The van der Waals surface area contributed by atoms with Crippen LogP contribution in [0.3, 0.4) is 0 Å². The minimum absolute atomic E-state index is 0.0876. The summed E-state index contributed by atoms with van der Waals surface area (Å²) in [7, 11) is 0. The van der Waals surface area contributed by atoms with E-state index in [4.69, 9.17) is 11.6 Å². The van der Waals surface area contributed by atoms with E-state index in [1.165, 1.54) is 5.56 Å². The number of nitrogens with zero attached hydrogens (tertiary/aromatic N) is 1. The van der Waals surface area contributed by atoms with Gasteiger partial charge in [0.25, 0.3) is 0 Å². The first kappa shape index (κ1) is 12.6. The predicted octanol–water partition coefficient (Wildman–Crippen LogP) is 2.71. The maximum absolute atomic E-state index is 11.0. The number of benzene rings is 1. The summed E-state index contributed by atoms with van der Waals surface area (Å²) in [5.74, 6) is 0.0876. The third kappa shape index (κ3) is 3.83. The van der Waals surface area contributed by atoms with Gasteiger partial charge in [0.15, 0.2) is 0 Å². The molecule has 0 saturated carbocycles. The quantitative estimate of drug-likeness (QED) is 0.767. The van der Waals surface area contributed by atoms with Crippen molar-refractivity contribution in [1.29, 1.82) is 0 Å². The molecular weight excluding hydrogens is 234 g/mol. The zero-order chi connectivity index (χ0) is 12.1. The van der Waals surface area contributed by atoms with Gasteiger partial charge in [0.05, 0.1) is 0 Å². The molecule has 1 aliphatic rings. The molecule has 1 fully saturated rings. The van der Waals surface area contributed by atoms with Gasteiger partial charge in [0.1, 0.15) is 0 Å². The van der Waals surface area contributed by atoms with E-state index < -0.39 is 0 Å². The molecule has 1 heterocycles. The topological polar surface area (TPSA) is 20.3 Å². The summed E-state index contributed by atoms with van der Waals surface area (Å²) in [5, 5.41) is -0.160. The second kappa shape index (κ2) is 6.18. The molecule has 0 amide bonds. The first-order chi connectivity index (χ1) is 8.25. The molecular formula is C14H18ClNO. The molecule has 0 atom stereocenters. The number of halogens is 1. The van der Waals surface area contributed by atoms with Crippen LogP contribution in [0.1, 0.15) is 18.4 Å². The zero-order valence-electron chi connectivity index (χ0n) is 9.94. The van der Waals surface area contributed by atoms with E-state index in [2.05, 4.69) is 29.2 Å². The summed E-state index contributed by atoms with van der Waals surface area (Å²) in [5.41, 5.74) is 1.38. The van der Waals surface area contributed by atoms with Gasteiger partial charge in [0.2, 0.25) is 5.24 Å². The Morgan fingerprint density at radius 3 is 2.47 bits per heavy atom. The van der Waals surface area contributed by atoms with Crippen molar-refractivity contribution in [3.8, 4) is 0 Å². The number of piperidine rings is 1. The second-order valence-electron chi connectivity index (χ2n) is 4.66. The molecule has 0 unspecified atom stereocenters. The van der Waals surface area contributed by atoms with E-state index in [0.717, 1.165) is 38.9 Å². The van der Waals surface area contributed by atoms with Crippen LogP contribution >= 0.6 is 11.6 Å². The SMILES string of the molecule is O=C(Cl)C1CCN(CCc2ccccc2)CC1. The first-order valence-corrected chi connectivity index (χ1v) is 6.59. The Balaban J connectivity index is 1.74. The van der Waals surface area contributed by atoms with Crippen LogP contribution in [0, 0.1) is 5.92 Å². The Morgan fingerprint density at radius 2 is 1.88 bits per heavy atom. The predicted molar refractivity (Wildman–Crippen MR) is 70.2 cm³/mol. The van der Waals surface area contributed by atoms with Crippen LogP contribution in [0.4, 0.5) is 0 Å². The highest BCUT2D eigenvalue weighted by Crippen LogP contribution is 2.19. The molecule has 1 aromatic carbocycles. The molecule has 3 heteroatoms. The Hall–Kier alpha value is -0.860. The van der Waals surface area contributed by atoms with Crippen LogP contribution in [-0.2, 0) is 11.2 Å². The highest BCUT2D eigenvalue weighted by molar-refractivity contribution is 6.63. The Bertz CT molecular complexity index is 358. The van der Waals surface area contributed by atoms with Crippen molar-refractivity contribution in [1.82, 2.24) is 4.90 Å². The van der Waals surface area contributed by atoms with Gasteiger partial charge >= 0.3 is 0 Å². The van der Waals surface area contributed by atoms with Gasteiger partial charge < -0.3 is 4.90 Å². The standard InChI is InChI=1S/C14H18ClNO/c15-14(17)13-7-10-16(11-8-13)9-6-12-4-2-1-3-5-12/h1-5,13H,6-11H2. The summed E-state index contributed by atoms with van der Waals surface area (Å²) in [6.07, 6.45) is 2.91. The largest absolute Gasteiger partial charge is 0.303 e. The molecule has 0 N–H and O–H groups in total. The highest BCUT2D eigenvalue weighted by Gasteiger charge is 2.23. The summed E-state index contributed by atoms with van der Waals surface area (Å²) in [4.78, 5) is 13.5. The van der Waals surface area contributed by atoms with Crippen LogP contribution < -0.4 is 0 Å². The molecule has 2 nitrogen and oxygen atoms in total. The Labute approximate surface area is 108 Å². The normalized spacial score (nSPS) is 18.2. The minimum atomic E-state index is -0.160. The molecule has 1 aromatic rings. The van der Waals surface area contributed by atoms with Gasteiger partial charge in [-0.15, -0.1) is 0 Å². The van der Waals surface area contributed by atoms with E-state index in [1.54, 1.807) is 0 Å². The van der Waals surface area contributed by atoms with E-state index in [1.807, 2.05) is 6.07 Å². The average molecular weight is 252 g/mol. The molecule has 1 aliphatic heterocycles. The van der Waals surface area contributed by atoms with Crippen LogP contribution in [0.5, 0.6) is 0 Å². The van der Waals surface area contributed by atoms with Crippen molar-refractivity contribution in [2.75, 3.05) is 19.6 Å². The lowest BCUT2D eigenvalue weighted by molar-refractivity contribution is -0.116. The van der Waals surface area contributed by atoms with Gasteiger partial charge in [-0.3, -0.25) is 4.79 Å². The fraction of sp³-hybridized carbons (Fsp3) is 0.500. The van der Waals surface area contributed by atoms with Crippen molar-refractivity contribution >= 4 is 16.8 Å². The molecule has 92 valence electrons. The molecule has 0 spiro atoms. The molecule has 2 rings (SSSR count). The second-order valence-corrected chi connectivity index (χ2v) is 5.03. The maximum Gasteiger partial charge on any atom is 0.224 e. The Morgan fingerprint density at radius 1 is 1.24 bits per heavy atom. The summed E-state index contributed by atoms with van der Waals surface area (Å²) < 4.78 is 0. The fourth-order valence-corrected chi connectivity index (χ4v) is 2.53. The molecule has 0 bridgehead atoms. The molecule has 0 radical (unpaired) electrons. The number of carbonyl (C=O) groups excluding carboxylic acids is 1. The van der Waals surface area contributed by atoms with E-state index in [9.17, 15) is 4.79 Å². The third-order valence-electron chi connectivity index (χ3n) is 3.47. The smallest absolute Gasteiger partial charge is 0.224 e. The minimum Gasteiger partial charge on any atom is -0.303 e. The first-order valence-electron chi connectivity index (χ1n) is 6.21. The van der Waals surface area contributed by atoms with Crippen molar-refractivity contribution in [3.05, 3.63) is 35.9 Å². The van der Waals surface area contributed by atoms with Crippen LogP contribution in [0.15, 0.2) is 30.3 Å². The lowest BCUT2D eigenvalue weighted by atomic mass is 9.98.